The lowest BCUT2D eigenvalue weighted by Gasteiger charge is -2.32. The second-order valence-corrected chi connectivity index (χ2v) is 9.04. The molecule has 5 rings (SSSR count). The summed E-state index contributed by atoms with van der Waals surface area (Å²) in [4.78, 5) is 11.2. The zero-order valence-corrected chi connectivity index (χ0v) is 15.9. The van der Waals surface area contributed by atoms with Crippen molar-refractivity contribution in [1.29, 1.82) is 0 Å². The van der Waals surface area contributed by atoms with Gasteiger partial charge in [-0.15, -0.1) is 5.10 Å². The molecule has 2 saturated heterocycles. The molecule has 4 heterocycles. The Kier molecular flexibility index (Phi) is 4.42. The molecule has 0 bridgehead atoms. The first-order valence-electron chi connectivity index (χ1n) is 10.2. The minimum Gasteiger partial charge on any atom is -0.342 e. The van der Waals surface area contributed by atoms with Gasteiger partial charge in [0.2, 0.25) is 10.1 Å². The van der Waals surface area contributed by atoms with E-state index in [9.17, 15) is 0 Å². The fourth-order valence-electron chi connectivity index (χ4n) is 4.96. The van der Waals surface area contributed by atoms with Crippen molar-refractivity contribution < 1.29 is 0 Å². The SMILES string of the molecule is c1c(C2CCCC2)nc2sc(N3CCCC3CN3CCCCC3)nn12. The van der Waals surface area contributed by atoms with Gasteiger partial charge in [0.05, 0.1) is 11.9 Å². The molecule has 5 nitrogen and oxygen atoms in total. The Labute approximate surface area is 154 Å². The van der Waals surface area contributed by atoms with Crippen molar-refractivity contribution >= 4 is 21.4 Å². The van der Waals surface area contributed by atoms with E-state index in [1.807, 2.05) is 4.52 Å². The maximum atomic E-state index is 4.91. The largest absolute Gasteiger partial charge is 0.342 e. The normalized spacial score (nSPS) is 26.2. The van der Waals surface area contributed by atoms with Gasteiger partial charge >= 0.3 is 0 Å². The molecule has 0 N–H and O–H groups in total. The van der Waals surface area contributed by atoms with Crippen molar-refractivity contribution in [1.82, 2.24) is 19.5 Å². The molecule has 1 saturated carbocycles. The Balaban J connectivity index is 1.31. The predicted molar refractivity (Wildman–Crippen MR) is 103 cm³/mol. The van der Waals surface area contributed by atoms with Crippen LogP contribution in [0.2, 0.25) is 0 Å². The summed E-state index contributed by atoms with van der Waals surface area (Å²) in [6, 6.07) is 0.642. The van der Waals surface area contributed by atoms with E-state index < -0.39 is 0 Å². The summed E-state index contributed by atoms with van der Waals surface area (Å²) in [6.45, 7) is 4.95. The van der Waals surface area contributed by atoms with Gasteiger partial charge in [0.1, 0.15) is 0 Å². The first-order chi connectivity index (χ1) is 12.4. The van der Waals surface area contributed by atoms with Gasteiger partial charge in [-0.1, -0.05) is 30.6 Å². The Morgan fingerprint density at radius 1 is 0.960 bits per heavy atom. The van der Waals surface area contributed by atoms with E-state index in [0.717, 1.165) is 11.5 Å². The van der Waals surface area contributed by atoms with Crippen LogP contribution in [-0.2, 0) is 0 Å². The molecule has 0 spiro atoms. The first kappa shape index (κ1) is 16.1. The lowest BCUT2D eigenvalue weighted by Crippen LogP contribution is -2.42. The fourth-order valence-corrected chi connectivity index (χ4v) is 5.95. The number of piperidine rings is 1. The second kappa shape index (κ2) is 6.88. The van der Waals surface area contributed by atoms with Gasteiger partial charge in [0.25, 0.3) is 0 Å². The van der Waals surface area contributed by atoms with Crippen molar-refractivity contribution in [2.24, 2.45) is 0 Å². The fraction of sp³-hybridized carbons (Fsp3) is 0.789. The van der Waals surface area contributed by atoms with Gasteiger partial charge in [-0.3, -0.25) is 0 Å². The molecule has 1 aliphatic carbocycles. The van der Waals surface area contributed by atoms with Gasteiger partial charge in [0, 0.05) is 25.0 Å². The second-order valence-electron chi connectivity index (χ2n) is 8.11. The van der Waals surface area contributed by atoms with Crippen molar-refractivity contribution in [2.45, 2.75) is 69.7 Å². The molecule has 1 unspecified atom stereocenters. The highest BCUT2D eigenvalue weighted by Gasteiger charge is 2.30. The Bertz CT molecular complexity index is 679. The minimum absolute atomic E-state index is 0.642. The molecule has 3 aliphatic rings. The molecule has 2 aromatic heterocycles. The number of likely N-dealkylation sites (tertiary alicyclic amines) is 1. The zero-order valence-electron chi connectivity index (χ0n) is 15.1. The summed E-state index contributed by atoms with van der Waals surface area (Å²) in [5.41, 5.74) is 1.27. The van der Waals surface area contributed by atoms with Gasteiger partial charge in [-0.25, -0.2) is 9.50 Å². The Morgan fingerprint density at radius 2 is 1.80 bits per heavy atom. The van der Waals surface area contributed by atoms with Gasteiger partial charge < -0.3 is 9.80 Å². The smallest absolute Gasteiger partial charge is 0.214 e. The Hall–Kier alpha value is -1.14. The van der Waals surface area contributed by atoms with Crippen LogP contribution in [-0.4, -0.2) is 51.7 Å². The average molecular weight is 360 g/mol. The molecule has 6 heteroatoms. The molecule has 0 radical (unpaired) electrons. The van der Waals surface area contributed by atoms with Gasteiger partial charge in [-0.2, -0.15) is 0 Å². The first-order valence-corrected chi connectivity index (χ1v) is 11.0. The highest BCUT2D eigenvalue weighted by atomic mass is 32.1. The predicted octanol–water partition coefficient (Wildman–Crippen LogP) is 3.90. The van der Waals surface area contributed by atoms with Crippen molar-refractivity contribution in [3.8, 4) is 0 Å². The number of aromatic nitrogens is 3. The van der Waals surface area contributed by atoms with Crippen LogP contribution in [0.15, 0.2) is 6.20 Å². The molecule has 0 aromatic carbocycles. The third-order valence-corrected chi connectivity index (χ3v) is 7.32. The van der Waals surface area contributed by atoms with Crippen LogP contribution in [0.25, 0.3) is 4.96 Å². The lowest BCUT2D eigenvalue weighted by atomic mass is 10.1. The van der Waals surface area contributed by atoms with Crippen LogP contribution >= 0.6 is 11.3 Å². The number of hydrogen-bond donors (Lipinski definition) is 0. The number of nitrogens with zero attached hydrogens (tertiary/aromatic N) is 5. The summed E-state index contributed by atoms with van der Waals surface area (Å²) < 4.78 is 2.05. The molecule has 25 heavy (non-hydrogen) atoms. The van der Waals surface area contributed by atoms with E-state index in [-0.39, 0.29) is 0 Å². The molecule has 136 valence electrons. The Morgan fingerprint density at radius 3 is 2.60 bits per heavy atom. The number of hydrogen-bond acceptors (Lipinski definition) is 5. The number of rotatable bonds is 4. The summed E-state index contributed by atoms with van der Waals surface area (Å²) in [5, 5.41) is 6.09. The molecule has 0 amide bonds. The lowest BCUT2D eigenvalue weighted by molar-refractivity contribution is 0.216. The maximum Gasteiger partial charge on any atom is 0.214 e. The summed E-state index contributed by atoms with van der Waals surface area (Å²) in [5.74, 6) is 0.677. The average Bonchev–Trinajstić information content (AvgIpc) is 3.38. The van der Waals surface area contributed by atoms with Crippen LogP contribution in [0, 0.1) is 0 Å². The van der Waals surface area contributed by atoms with E-state index in [1.54, 1.807) is 11.3 Å². The van der Waals surface area contributed by atoms with E-state index >= 15 is 0 Å². The molecule has 2 aromatic rings. The topological polar surface area (TPSA) is 36.7 Å². The number of anilines is 1. The monoisotopic (exact) mass is 359 g/mol. The van der Waals surface area contributed by atoms with E-state index in [4.69, 9.17) is 10.1 Å². The number of imidazole rings is 1. The van der Waals surface area contributed by atoms with Crippen molar-refractivity contribution in [2.75, 3.05) is 31.1 Å². The summed E-state index contributed by atoms with van der Waals surface area (Å²) in [6.07, 6.45) is 14.3. The van der Waals surface area contributed by atoms with E-state index in [2.05, 4.69) is 16.0 Å². The highest BCUT2D eigenvalue weighted by Crippen LogP contribution is 2.36. The van der Waals surface area contributed by atoms with Crippen LogP contribution in [0.3, 0.4) is 0 Å². The van der Waals surface area contributed by atoms with E-state index in [0.29, 0.717) is 12.0 Å². The van der Waals surface area contributed by atoms with Crippen LogP contribution < -0.4 is 4.90 Å². The number of fused-ring (bicyclic) bond motifs is 1. The van der Waals surface area contributed by atoms with E-state index in [1.165, 1.54) is 88.2 Å². The molecule has 3 fully saturated rings. The van der Waals surface area contributed by atoms with Crippen LogP contribution in [0.4, 0.5) is 5.13 Å². The molecule has 2 aliphatic heterocycles. The molecule has 1 atom stereocenters. The molecular weight excluding hydrogens is 330 g/mol. The van der Waals surface area contributed by atoms with Crippen LogP contribution in [0.1, 0.15) is 69.4 Å². The minimum atomic E-state index is 0.642. The summed E-state index contributed by atoms with van der Waals surface area (Å²) in [7, 11) is 0. The quantitative estimate of drug-likeness (QED) is 0.829. The standard InChI is InChI=1S/C19H29N5S/c1-4-10-22(11-5-1)13-16-9-6-12-23(16)19-21-24-14-17(20-18(24)25-19)15-7-2-3-8-15/h14-16H,1-13H2. The van der Waals surface area contributed by atoms with Crippen molar-refractivity contribution in [3.05, 3.63) is 11.9 Å². The maximum absolute atomic E-state index is 4.91. The third-order valence-electron chi connectivity index (χ3n) is 6.37. The van der Waals surface area contributed by atoms with Gasteiger partial charge in [0.15, 0.2) is 0 Å². The van der Waals surface area contributed by atoms with Gasteiger partial charge in [-0.05, 0) is 51.6 Å². The van der Waals surface area contributed by atoms with Crippen molar-refractivity contribution in [3.63, 3.8) is 0 Å². The van der Waals surface area contributed by atoms with Crippen LogP contribution in [0.5, 0.6) is 0 Å². The molecular formula is C19H29N5S. The highest BCUT2D eigenvalue weighted by molar-refractivity contribution is 7.20. The summed E-state index contributed by atoms with van der Waals surface area (Å²) >= 11 is 1.79. The third kappa shape index (κ3) is 3.19. The zero-order chi connectivity index (χ0) is 16.6.